The van der Waals surface area contributed by atoms with Crippen LogP contribution in [0.5, 0.6) is 0 Å². The minimum absolute atomic E-state index is 0.409. The van der Waals surface area contributed by atoms with E-state index in [2.05, 4.69) is 50.4 Å². The summed E-state index contributed by atoms with van der Waals surface area (Å²) >= 11 is 0. The number of hydrogen-bond donors (Lipinski definition) is 1. The van der Waals surface area contributed by atoms with Gasteiger partial charge in [-0.15, -0.1) is 0 Å². The summed E-state index contributed by atoms with van der Waals surface area (Å²) in [5, 5.41) is 3.60. The van der Waals surface area contributed by atoms with Crippen LogP contribution in [0.2, 0.25) is 0 Å². The largest absolute Gasteiger partial charge is 0.378 e. The van der Waals surface area contributed by atoms with Gasteiger partial charge in [-0.2, -0.15) is 0 Å². The van der Waals surface area contributed by atoms with Gasteiger partial charge in [-0.1, -0.05) is 36.8 Å². The predicted molar refractivity (Wildman–Crippen MR) is 71.1 cm³/mol. The maximum Gasteiger partial charge on any atom is 0.0551 e. The molecule has 0 saturated carbocycles. The van der Waals surface area contributed by atoms with Gasteiger partial charge in [-0.25, -0.2) is 0 Å². The highest BCUT2D eigenvalue weighted by molar-refractivity contribution is 5.25. The molecule has 1 saturated heterocycles. The number of ether oxygens (including phenoxy) is 1. The molecule has 1 aromatic carbocycles. The van der Waals surface area contributed by atoms with Crippen molar-refractivity contribution in [3.63, 3.8) is 0 Å². The molecule has 2 rings (SSSR count). The smallest absolute Gasteiger partial charge is 0.0551 e. The van der Waals surface area contributed by atoms with Crippen LogP contribution in [0.25, 0.3) is 0 Å². The highest BCUT2D eigenvalue weighted by atomic mass is 16.5. The second kappa shape index (κ2) is 5.65. The average molecular weight is 233 g/mol. The molecule has 1 aromatic rings. The molecule has 1 heterocycles. The molecule has 0 amide bonds. The van der Waals surface area contributed by atoms with Crippen molar-refractivity contribution in [2.45, 2.75) is 39.3 Å². The Morgan fingerprint density at radius 3 is 2.59 bits per heavy atom. The van der Waals surface area contributed by atoms with Crippen LogP contribution in [0.15, 0.2) is 24.3 Å². The molecule has 0 aromatic heterocycles. The molecule has 17 heavy (non-hydrogen) atoms. The Labute approximate surface area is 104 Å². The summed E-state index contributed by atoms with van der Waals surface area (Å²) in [6.07, 6.45) is 1.57. The van der Waals surface area contributed by atoms with Crippen molar-refractivity contribution in [2.75, 3.05) is 13.2 Å². The predicted octanol–water partition coefficient (Wildman–Crippen LogP) is 3.07. The molecule has 1 aliphatic rings. The van der Waals surface area contributed by atoms with E-state index < -0.39 is 0 Å². The lowest BCUT2D eigenvalue weighted by Crippen LogP contribution is -2.28. The van der Waals surface area contributed by atoms with Crippen LogP contribution in [0.1, 0.15) is 37.4 Å². The lowest BCUT2D eigenvalue weighted by molar-refractivity contribution is 0.117. The van der Waals surface area contributed by atoms with E-state index >= 15 is 0 Å². The maximum absolute atomic E-state index is 5.70. The lowest BCUT2D eigenvalue weighted by Gasteiger charge is -2.24. The third kappa shape index (κ3) is 3.08. The molecule has 0 spiro atoms. The average Bonchev–Trinajstić information content (AvgIpc) is 2.74. The van der Waals surface area contributed by atoms with Gasteiger partial charge in [0.15, 0.2) is 0 Å². The van der Waals surface area contributed by atoms with Crippen molar-refractivity contribution in [1.29, 1.82) is 0 Å². The summed E-state index contributed by atoms with van der Waals surface area (Å²) in [6.45, 7) is 8.35. The van der Waals surface area contributed by atoms with Crippen molar-refractivity contribution in [3.05, 3.63) is 35.4 Å². The highest BCUT2D eigenvalue weighted by Gasteiger charge is 2.29. The molecule has 2 nitrogen and oxygen atoms in total. The van der Waals surface area contributed by atoms with Crippen LogP contribution in [-0.4, -0.2) is 19.3 Å². The summed E-state index contributed by atoms with van der Waals surface area (Å²) in [5.74, 6) is 0.604. The Bertz CT molecular complexity index is 346. The van der Waals surface area contributed by atoms with Crippen molar-refractivity contribution >= 4 is 0 Å². The van der Waals surface area contributed by atoms with E-state index in [1.165, 1.54) is 11.1 Å². The van der Waals surface area contributed by atoms with E-state index in [0.717, 1.165) is 19.6 Å². The molecule has 1 fully saturated rings. The quantitative estimate of drug-likeness (QED) is 0.863. The molecule has 3 unspecified atom stereocenters. The van der Waals surface area contributed by atoms with Crippen LogP contribution < -0.4 is 5.32 Å². The number of hydrogen-bond acceptors (Lipinski definition) is 2. The molecule has 1 N–H and O–H groups in total. The van der Waals surface area contributed by atoms with Crippen molar-refractivity contribution < 1.29 is 4.74 Å². The summed E-state index contributed by atoms with van der Waals surface area (Å²) < 4.78 is 5.70. The molecule has 0 bridgehead atoms. The van der Waals surface area contributed by atoms with Crippen LogP contribution in [0, 0.1) is 12.8 Å². The van der Waals surface area contributed by atoms with Gasteiger partial charge in [0.1, 0.15) is 0 Å². The zero-order valence-corrected chi connectivity index (χ0v) is 11.1. The van der Waals surface area contributed by atoms with E-state index in [0.29, 0.717) is 18.1 Å². The normalized spacial score (nSPS) is 26.1. The van der Waals surface area contributed by atoms with Gasteiger partial charge in [-0.05, 0) is 32.4 Å². The van der Waals surface area contributed by atoms with E-state index in [1.54, 1.807) is 0 Å². The Balaban J connectivity index is 2.13. The summed E-state index contributed by atoms with van der Waals surface area (Å²) in [5.41, 5.74) is 2.71. The van der Waals surface area contributed by atoms with Gasteiger partial charge in [0.25, 0.3) is 0 Å². The third-order valence-electron chi connectivity index (χ3n) is 3.56. The first-order chi connectivity index (χ1) is 8.20. The molecular weight excluding hydrogens is 210 g/mol. The summed E-state index contributed by atoms with van der Waals surface area (Å²) in [4.78, 5) is 0. The Kier molecular flexibility index (Phi) is 4.19. The Morgan fingerprint density at radius 2 is 2.06 bits per heavy atom. The number of nitrogens with one attached hydrogen (secondary N) is 1. The highest BCUT2D eigenvalue weighted by Crippen LogP contribution is 2.31. The molecule has 1 aliphatic heterocycles. The fourth-order valence-corrected chi connectivity index (χ4v) is 2.63. The van der Waals surface area contributed by atoms with Gasteiger partial charge >= 0.3 is 0 Å². The van der Waals surface area contributed by atoms with Gasteiger partial charge in [0, 0.05) is 12.0 Å². The minimum atomic E-state index is 0.409. The fraction of sp³-hybridized carbons (Fsp3) is 0.600. The van der Waals surface area contributed by atoms with Crippen LogP contribution in [0.3, 0.4) is 0 Å². The monoisotopic (exact) mass is 233 g/mol. The first kappa shape index (κ1) is 12.6. The summed E-state index contributed by atoms with van der Waals surface area (Å²) in [7, 11) is 0. The zero-order valence-electron chi connectivity index (χ0n) is 11.1. The molecule has 0 radical (unpaired) electrons. The van der Waals surface area contributed by atoms with Crippen LogP contribution in [-0.2, 0) is 4.74 Å². The SMILES string of the molecule is CCNC(c1ccc(C)cc1)C1COC(C)C1. The van der Waals surface area contributed by atoms with E-state index in [4.69, 9.17) is 4.74 Å². The van der Waals surface area contributed by atoms with Crippen molar-refractivity contribution in [2.24, 2.45) is 5.92 Å². The molecule has 0 aliphatic carbocycles. The van der Waals surface area contributed by atoms with Gasteiger partial charge in [0.2, 0.25) is 0 Å². The lowest BCUT2D eigenvalue weighted by atomic mass is 9.90. The first-order valence-electron chi connectivity index (χ1n) is 6.62. The summed E-state index contributed by atoms with van der Waals surface area (Å²) in [6, 6.07) is 9.31. The topological polar surface area (TPSA) is 21.3 Å². The van der Waals surface area contributed by atoms with Crippen LogP contribution >= 0.6 is 0 Å². The van der Waals surface area contributed by atoms with Gasteiger partial charge in [-0.3, -0.25) is 0 Å². The van der Waals surface area contributed by atoms with Crippen molar-refractivity contribution in [3.8, 4) is 0 Å². The first-order valence-corrected chi connectivity index (χ1v) is 6.62. The molecule has 94 valence electrons. The minimum Gasteiger partial charge on any atom is -0.378 e. The molecular formula is C15H23NO. The number of benzene rings is 1. The second-order valence-electron chi connectivity index (χ2n) is 5.09. The Hall–Kier alpha value is -0.860. The van der Waals surface area contributed by atoms with Gasteiger partial charge in [0.05, 0.1) is 12.7 Å². The van der Waals surface area contributed by atoms with Crippen LogP contribution in [0.4, 0.5) is 0 Å². The maximum atomic E-state index is 5.70. The zero-order chi connectivity index (χ0) is 12.3. The fourth-order valence-electron chi connectivity index (χ4n) is 2.63. The number of aryl methyl sites for hydroxylation is 1. The molecule has 2 heteroatoms. The molecule has 3 atom stereocenters. The van der Waals surface area contributed by atoms with E-state index in [9.17, 15) is 0 Å². The number of rotatable bonds is 4. The second-order valence-corrected chi connectivity index (χ2v) is 5.09. The Morgan fingerprint density at radius 1 is 1.35 bits per heavy atom. The third-order valence-corrected chi connectivity index (χ3v) is 3.56. The van der Waals surface area contributed by atoms with Gasteiger partial charge < -0.3 is 10.1 Å². The standard InChI is InChI=1S/C15H23NO/c1-4-16-15(14-9-12(3)17-10-14)13-7-5-11(2)6-8-13/h5-8,12,14-16H,4,9-10H2,1-3H3. The van der Waals surface area contributed by atoms with E-state index in [1.807, 2.05) is 0 Å². The van der Waals surface area contributed by atoms with E-state index in [-0.39, 0.29) is 0 Å². The van der Waals surface area contributed by atoms with Crippen molar-refractivity contribution in [1.82, 2.24) is 5.32 Å².